The van der Waals surface area contributed by atoms with Crippen LogP contribution in [0.3, 0.4) is 0 Å². The maximum atomic E-state index is 14.1. The van der Waals surface area contributed by atoms with Gasteiger partial charge in [0, 0.05) is 19.1 Å². The Labute approximate surface area is 188 Å². The molecule has 0 saturated heterocycles. The van der Waals surface area contributed by atoms with E-state index in [1.807, 2.05) is 0 Å². The molecule has 2 atom stereocenters. The highest BCUT2D eigenvalue weighted by atomic mass is 32.2. The second-order valence-corrected chi connectivity index (χ2v) is 12.8. The number of sulfonamides is 1. The summed E-state index contributed by atoms with van der Waals surface area (Å²) in [5, 5.41) is 3.27. The van der Waals surface area contributed by atoms with Gasteiger partial charge in [-0.05, 0) is 75.3 Å². The summed E-state index contributed by atoms with van der Waals surface area (Å²) in [5.41, 5.74) is 4.03. The van der Waals surface area contributed by atoms with Crippen LogP contribution < -0.4 is 11.1 Å². The van der Waals surface area contributed by atoms with Crippen molar-refractivity contribution in [2.75, 3.05) is 13.6 Å². The Morgan fingerprint density at radius 1 is 1.16 bits per heavy atom. The van der Waals surface area contributed by atoms with E-state index in [1.54, 1.807) is 0 Å². The van der Waals surface area contributed by atoms with Crippen molar-refractivity contribution in [3.8, 4) is 0 Å². The predicted octanol–water partition coefficient (Wildman–Crippen LogP) is 2.17. The first-order valence-corrected chi connectivity index (χ1v) is 12.8. The highest BCUT2D eigenvalue weighted by Crippen LogP contribution is 2.62. The second kappa shape index (κ2) is 7.00. The zero-order chi connectivity index (χ0) is 22.9. The maximum absolute atomic E-state index is 14.1. The van der Waals surface area contributed by atoms with Gasteiger partial charge >= 0.3 is 0 Å². The third-order valence-electron chi connectivity index (χ3n) is 8.35. The van der Waals surface area contributed by atoms with Crippen LogP contribution in [-0.2, 0) is 19.6 Å². The smallest absolute Gasteiger partial charge is 0.245 e. The Balaban J connectivity index is 1.33. The Hall–Kier alpha value is -2.00. The molecule has 2 unspecified atom stereocenters. The summed E-state index contributed by atoms with van der Waals surface area (Å²) in [6.45, 7) is -0.000595. The van der Waals surface area contributed by atoms with Gasteiger partial charge in [0.1, 0.15) is 10.7 Å². The van der Waals surface area contributed by atoms with E-state index >= 15 is 0 Å². The van der Waals surface area contributed by atoms with Gasteiger partial charge in [-0.15, -0.1) is 0 Å². The normalized spacial score (nSPS) is 34.5. The van der Waals surface area contributed by atoms with Gasteiger partial charge < -0.3 is 11.1 Å². The first-order chi connectivity index (χ1) is 15.0. The van der Waals surface area contributed by atoms with E-state index < -0.39 is 32.2 Å². The Morgan fingerprint density at radius 3 is 2.34 bits per heavy atom. The first-order valence-electron chi connectivity index (χ1n) is 11.3. The molecular formula is C23H30FN3O4S. The SMILES string of the molecule is CN(CC1(C(=O)NC23CC4CC(C2)CC(C(N)=O)(C4)C3)CC1)S(=O)(=O)c1ccccc1F. The second-order valence-electron chi connectivity index (χ2n) is 10.8. The van der Waals surface area contributed by atoms with Crippen LogP contribution in [-0.4, -0.2) is 43.7 Å². The number of benzene rings is 1. The summed E-state index contributed by atoms with van der Waals surface area (Å²) >= 11 is 0. The van der Waals surface area contributed by atoms with Crippen LogP contribution in [0.5, 0.6) is 0 Å². The van der Waals surface area contributed by atoms with Gasteiger partial charge in [0.05, 0.1) is 10.8 Å². The lowest BCUT2D eigenvalue weighted by molar-refractivity contribution is -0.151. The van der Waals surface area contributed by atoms with Crippen molar-refractivity contribution in [1.29, 1.82) is 0 Å². The van der Waals surface area contributed by atoms with E-state index in [0.717, 1.165) is 42.5 Å². The van der Waals surface area contributed by atoms with Gasteiger partial charge in [0.25, 0.3) is 0 Å². The Bertz CT molecular complexity index is 1070. The van der Waals surface area contributed by atoms with Crippen LogP contribution in [0.25, 0.3) is 0 Å². The zero-order valence-electron chi connectivity index (χ0n) is 18.3. The minimum Gasteiger partial charge on any atom is -0.369 e. The minimum atomic E-state index is -4.05. The van der Waals surface area contributed by atoms with Crippen LogP contribution in [0.2, 0.25) is 0 Å². The van der Waals surface area contributed by atoms with E-state index in [0.29, 0.717) is 31.1 Å². The van der Waals surface area contributed by atoms with Crippen molar-refractivity contribution in [3.05, 3.63) is 30.1 Å². The summed E-state index contributed by atoms with van der Waals surface area (Å²) in [6, 6.07) is 5.26. The monoisotopic (exact) mass is 463 g/mol. The van der Waals surface area contributed by atoms with Crippen molar-refractivity contribution < 1.29 is 22.4 Å². The zero-order valence-corrected chi connectivity index (χ0v) is 19.1. The fourth-order valence-corrected chi connectivity index (χ4v) is 8.33. The molecule has 2 amide bonds. The molecule has 0 spiro atoms. The molecular weight excluding hydrogens is 433 g/mol. The third-order valence-corrected chi connectivity index (χ3v) is 10.2. The van der Waals surface area contributed by atoms with Crippen molar-refractivity contribution >= 4 is 21.8 Å². The number of nitrogens with one attached hydrogen (secondary N) is 1. The van der Waals surface area contributed by atoms with Gasteiger partial charge in [-0.3, -0.25) is 9.59 Å². The number of hydrogen-bond acceptors (Lipinski definition) is 4. The third kappa shape index (κ3) is 3.36. The van der Waals surface area contributed by atoms with Crippen LogP contribution in [0.15, 0.2) is 29.2 Å². The predicted molar refractivity (Wildman–Crippen MR) is 115 cm³/mol. The maximum Gasteiger partial charge on any atom is 0.245 e. The van der Waals surface area contributed by atoms with E-state index in [2.05, 4.69) is 5.32 Å². The fraction of sp³-hybridized carbons (Fsp3) is 0.652. The first kappa shape index (κ1) is 21.8. The van der Waals surface area contributed by atoms with Crippen LogP contribution in [0, 0.1) is 28.5 Å². The van der Waals surface area contributed by atoms with Gasteiger partial charge in [-0.25, -0.2) is 12.8 Å². The quantitative estimate of drug-likeness (QED) is 0.646. The molecule has 1 aromatic carbocycles. The average molecular weight is 464 g/mol. The number of hydrogen-bond donors (Lipinski definition) is 2. The highest BCUT2D eigenvalue weighted by molar-refractivity contribution is 7.89. The number of halogens is 1. The molecule has 5 aliphatic carbocycles. The molecule has 0 radical (unpaired) electrons. The summed E-state index contributed by atoms with van der Waals surface area (Å²) in [7, 11) is -2.66. The molecule has 174 valence electrons. The molecule has 0 aromatic heterocycles. The van der Waals surface area contributed by atoms with E-state index in [9.17, 15) is 22.4 Å². The Morgan fingerprint density at radius 2 is 1.78 bits per heavy atom. The highest BCUT2D eigenvalue weighted by Gasteiger charge is 2.62. The molecule has 0 aliphatic heterocycles. The van der Waals surface area contributed by atoms with Crippen LogP contribution >= 0.6 is 0 Å². The number of nitrogens with two attached hydrogens (primary N) is 1. The summed E-state index contributed by atoms with van der Waals surface area (Å²) in [5.74, 6) is -0.442. The van der Waals surface area contributed by atoms with Gasteiger partial charge in [0.2, 0.25) is 21.8 Å². The molecule has 5 saturated carbocycles. The lowest BCUT2D eigenvalue weighted by atomic mass is 9.46. The molecule has 0 heterocycles. The lowest BCUT2D eigenvalue weighted by Crippen LogP contribution is -2.66. The molecule has 5 aliphatic rings. The molecule has 6 rings (SSSR count). The van der Waals surface area contributed by atoms with Crippen LogP contribution in [0.1, 0.15) is 51.4 Å². The summed E-state index contributed by atoms with van der Waals surface area (Å²) in [4.78, 5) is 25.4. The van der Waals surface area contributed by atoms with E-state index in [1.165, 1.54) is 25.2 Å². The van der Waals surface area contributed by atoms with Gasteiger partial charge in [0.15, 0.2) is 0 Å². The molecule has 3 N–H and O–H groups in total. The molecule has 7 nitrogen and oxygen atoms in total. The lowest BCUT2D eigenvalue weighted by Gasteiger charge is -2.61. The summed E-state index contributed by atoms with van der Waals surface area (Å²) in [6.07, 6.45) is 6.15. The van der Waals surface area contributed by atoms with Gasteiger partial charge in [-0.2, -0.15) is 4.31 Å². The molecule has 1 aromatic rings. The number of carbonyl (C=O) groups excluding carboxylic acids is 2. The standard InChI is InChI=1S/C23H30FN3O4S/c1-27(32(30,31)18-5-3-2-4-17(18)24)14-21(6-7-21)20(29)26-23-11-15-8-16(12-23)10-22(9-15,13-23)19(25)28/h2-5,15-16H,6-14H2,1H3,(H2,25,28)(H,26,29). The van der Waals surface area contributed by atoms with E-state index in [-0.39, 0.29) is 23.3 Å². The van der Waals surface area contributed by atoms with Gasteiger partial charge in [-0.1, -0.05) is 12.1 Å². The number of amides is 2. The van der Waals surface area contributed by atoms with E-state index in [4.69, 9.17) is 5.73 Å². The largest absolute Gasteiger partial charge is 0.369 e. The van der Waals surface area contributed by atoms with Crippen LogP contribution in [0.4, 0.5) is 4.39 Å². The van der Waals surface area contributed by atoms with Crippen molar-refractivity contribution in [2.45, 2.75) is 61.8 Å². The molecule has 9 heteroatoms. The number of primary amides is 1. The van der Waals surface area contributed by atoms with Crippen molar-refractivity contribution in [3.63, 3.8) is 0 Å². The number of nitrogens with zero attached hydrogens (tertiary/aromatic N) is 1. The van der Waals surface area contributed by atoms with Crippen molar-refractivity contribution in [2.24, 2.45) is 28.4 Å². The fourth-order valence-electron chi connectivity index (χ4n) is 7.01. The summed E-state index contributed by atoms with van der Waals surface area (Å²) < 4.78 is 41.0. The molecule has 32 heavy (non-hydrogen) atoms. The molecule has 5 fully saturated rings. The molecule has 4 bridgehead atoms. The number of carbonyl (C=O) groups is 2. The van der Waals surface area contributed by atoms with Crippen molar-refractivity contribution in [1.82, 2.24) is 9.62 Å². The Kier molecular flexibility index (Phi) is 4.77. The average Bonchev–Trinajstić information content (AvgIpc) is 3.47. The topological polar surface area (TPSA) is 110 Å². The number of rotatable bonds is 7. The minimum absolute atomic E-state index is 0.000595.